The van der Waals surface area contributed by atoms with Crippen LogP contribution in [0.4, 0.5) is 0 Å². The van der Waals surface area contributed by atoms with Crippen LogP contribution in [0.3, 0.4) is 0 Å². The van der Waals surface area contributed by atoms with Gasteiger partial charge in [0.1, 0.15) is 0 Å². The van der Waals surface area contributed by atoms with Crippen LogP contribution in [0.1, 0.15) is 77.0 Å². The number of fused-ring (bicyclic) bond motifs is 4. The average molecular weight is 473 g/mol. The molecule has 4 rings (SSSR count). The van der Waals surface area contributed by atoms with Crippen molar-refractivity contribution in [2.75, 3.05) is 13.1 Å². The van der Waals surface area contributed by atoms with Gasteiger partial charge in [0.25, 0.3) is 0 Å². The second kappa shape index (κ2) is 11.8. The Morgan fingerprint density at radius 2 is 1.00 bits per heavy atom. The van der Waals surface area contributed by atoms with E-state index in [9.17, 15) is 0 Å². The molecule has 4 saturated carbocycles. The molecular formula is C24H44N10. The van der Waals surface area contributed by atoms with Crippen molar-refractivity contribution in [1.29, 1.82) is 0 Å². The maximum absolute atomic E-state index is 6.02. The second-order valence-electron chi connectivity index (χ2n) is 10.7. The Hall–Kier alpha value is -2.52. The lowest BCUT2D eigenvalue weighted by atomic mass is 9.96. The summed E-state index contributed by atoms with van der Waals surface area (Å²) in [5.41, 5.74) is 23.9. The fraction of sp³-hybridized carbons (Fsp3) is 0.833. The van der Waals surface area contributed by atoms with Crippen LogP contribution in [0.5, 0.6) is 0 Å². The van der Waals surface area contributed by atoms with Gasteiger partial charge in [0.2, 0.25) is 0 Å². The highest BCUT2D eigenvalue weighted by Crippen LogP contribution is 2.46. The molecule has 0 heterocycles. The summed E-state index contributed by atoms with van der Waals surface area (Å²) in [6.07, 6.45) is 14.3. The van der Waals surface area contributed by atoms with Crippen LogP contribution < -0.4 is 33.6 Å². The largest absolute Gasteiger partial charge is 0.370 e. The minimum absolute atomic E-state index is 0.345. The summed E-state index contributed by atoms with van der Waals surface area (Å²) in [6.45, 7) is 1.34. The molecule has 0 saturated heterocycles. The first kappa shape index (κ1) is 24.6. The summed E-state index contributed by atoms with van der Waals surface area (Å²) in [6, 6.07) is 0.717. The quantitative estimate of drug-likeness (QED) is 0.167. The summed E-state index contributed by atoms with van der Waals surface area (Å²) in [5, 5.41) is 5.87. The maximum atomic E-state index is 6.02. The summed E-state index contributed by atoms with van der Waals surface area (Å²) < 4.78 is 0. The van der Waals surface area contributed by atoms with Gasteiger partial charge in [-0.2, -0.15) is 0 Å². The summed E-state index contributed by atoms with van der Waals surface area (Å²) in [5.74, 6) is 4.58. The Bertz CT molecular complexity index is 738. The first-order valence-corrected chi connectivity index (χ1v) is 13.3. The standard InChI is InChI=1S/C24H44N10/c25-21(33-23(27)31-19-13-15-5-7-17(19)11-15)29-9-3-1-2-4-10-30-22(26)34-24(28)32-20-14-16-6-8-18(20)12-16/h15-20H,1-14H2,(H5,25,27,29,31,33)(H5,26,28,30,32,34). The van der Waals surface area contributed by atoms with Crippen LogP contribution in [0, 0.1) is 23.7 Å². The first-order valence-electron chi connectivity index (χ1n) is 13.3. The summed E-state index contributed by atoms with van der Waals surface area (Å²) >= 11 is 0. The van der Waals surface area contributed by atoms with E-state index in [2.05, 4.69) is 30.6 Å². The van der Waals surface area contributed by atoms with Crippen molar-refractivity contribution in [3.05, 3.63) is 0 Å². The molecule has 4 fully saturated rings. The lowest BCUT2D eigenvalue weighted by molar-refractivity contribution is 0.419. The molecule has 6 atom stereocenters. The third kappa shape index (κ3) is 6.99. The molecule has 0 spiro atoms. The smallest absolute Gasteiger partial charge is 0.195 e. The Balaban J connectivity index is 1.03. The van der Waals surface area contributed by atoms with E-state index in [-0.39, 0.29) is 0 Å². The minimum Gasteiger partial charge on any atom is -0.370 e. The number of rotatable bonds is 9. The number of nitrogens with one attached hydrogen (secondary N) is 2. The predicted molar refractivity (Wildman–Crippen MR) is 139 cm³/mol. The van der Waals surface area contributed by atoms with Crippen molar-refractivity contribution in [3.8, 4) is 0 Å². The molecule has 0 aromatic rings. The fourth-order valence-corrected chi connectivity index (χ4v) is 6.48. The molecule has 10 nitrogen and oxygen atoms in total. The highest BCUT2D eigenvalue weighted by molar-refractivity contribution is 5.97. The van der Waals surface area contributed by atoms with Crippen LogP contribution in [-0.2, 0) is 0 Å². The van der Waals surface area contributed by atoms with Crippen molar-refractivity contribution in [2.45, 2.75) is 89.1 Å². The van der Waals surface area contributed by atoms with E-state index >= 15 is 0 Å². The van der Waals surface area contributed by atoms with Crippen molar-refractivity contribution in [1.82, 2.24) is 10.6 Å². The van der Waals surface area contributed by atoms with Crippen molar-refractivity contribution < 1.29 is 0 Å². The minimum atomic E-state index is 0.345. The van der Waals surface area contributed by atoms with Gasteiger partial charge in [-0.3, -0.25) is 20.6 Å². The van der Waals surface area contributed by atoms with Gasteiger partial charge in [-0.1, -0.05) is 25.7 Å². The Morgan fingerprint density at radius 1 is 0.559 bits per heavy atom. The van der Waals surface area contributed by atoms with Gasteiger partial charge >= 0.3 is 0 Å². The SMILES string of the molecule is NC(=NCCCCCCN=C(N)NC(N)=NC1CC2CCC1C2)NC(N)=NC1CC2CCC1C2. The van der Waals surface area contributed by atoms with Crippen LogP contribution in [0.25, 0.3) is 0 Å². The molecule has 190 valence electrons. The summed E-state index contributed by atoms with van der Waals surface area (Å²) in [4.78, 5) is 18.0. The molecule has 0 aromatic heterocycles. The second-order valence-corrected chi connectivity index (χ2v) is 10.7. The van der Waals surface area contributed by atoms with Crippen LogP contribution in [-0.4, -0.2) is 49.0 Å². The molecule has 0 radical (unpaired) electrons. The topological polar surface area (TPSA) is 178 Å². The molecule has 10 heteroatoms. The van der Waals surface area contributed by atoms with E-state index in [1.807, 2.05) is 0 Å². The van der Waals surface area contributed by atoms with Gasteiger partial charge in [-0.25, -0.2) is 9.98 Å². The molecule has 34 heavy (non-hydrogen) atoms. The molecule has 0 aromatic carbocycles. The Morgan fingerprint density at radius 3 is 1.35 bits per heavy atom. The zero-order chi connectivity index (χ0) is 23.9. The fourth-order valence-electron chi connectivity index (χ4n) is 6.48. The van der Waals surface area contributed by atoms with Crippen molar-refractivity contribution >= 4 is 23.8 Å². The zero-order valence-corrected chi connectivity index (χ0v) is 20.5. The number of nitrogens with zero attached hydrogens (tertiary/aromatic N) is 4. The monoisotopic (exact) mass is 472 g/mol. The molecule has 6 unspecified atom stereocenters. The number of aliphatic imine (C=N–C) groups is 4. The maximum Gasteiger partial charge on any atom is 0.195 e. The van der Waals surface area contributed by atoms with Crippen LogP contribution in [0.15, 0.2) is 20.0 Å². The molecule has 0 aliphatic heterocycles. The zero-order valence-electron chi connectivity index (χ0n) is 20.5. The van der Waals surface area contributed by atoms with E-state index in [0.717, 1.165) is 50.4 Å². The molecule has 4 bridgehead atoms. The first-order chi connectivity index (χ1) is 16.5. The lowest BCUT2D eigenvalue weighted by Crippen LogP contribution is -2.42. The molecule has 4 aliphatic rings. The number of hydrogen-bond donors (Lipinski definition) is 6. The van der Waals surface area contributed by atoms with Gasteiger partial charge in [-0.15, -0.1) is 0 Å². The van der Waals surface area contributed by atoms with Gasteiger partial charge in [-0.05, 0) is 75.0 Å². The van der Waals surface area contributed by atoms with Gasteiger partial charge < -0.3 is 22.9 Å². The average Bonchev–Trinajstić information content (AvgIpc) is 3.57. The third-order valence-electron chi connectivity index (χ3n) is 8.15. The van der Waals surface area contributed by atoms with Gasteiger partial charge in [0.05, 0.1) is 12.1 Å². The number of nitrogens with two attached hydrogens (primary N) is 4. The molecular weight excluding hydrogens is 428 g/mol. The van der Waals surface area contributed by atoms with E-state index < -0.39 is 0 Å². The van der Waals surface area contributed by atoms with Gasteiger partial charge in [0, 0.05) is 13.1 Å². The molecule has 4 aliphatic carbocycles. The van der Waals surface area contributed by atoms with Crippen molar-refractivity contribution in [2.24, 2.45) is 66.6 Å². The summed E-state index contributed by atoms with van der Waals surface area (Å²) in [7, 11) is 0. The van der Waals surface area contributed by atoms with E-state index in [1.165, 1.54) is 38.5 Å². The molecule has 10 N–H and O–H groups in total. The van der Waals surface area contributed by atoms with Crippen LogP contribution in [0.2, 0.25) is 0 Å². The van der Waals surface area contributed by atoms with Gasteiger partial charge in [0.15, 0.2) is 23.8 Å². The highest BCUT2D eigenvalue weighted by atomic mass is 15.2. The van der Waals surface area contributed by atoms with E-state index in [1.54, 1.807) is 0 Å². The van der Waals surface area contributed by atoms with E-state index in [4.69, 9.17) is 22.9 Å². The van der Waals surface area contributed by atoms with E-state index in [0.29, 0.717) is 60.8 Å². The number of guanidine groups is 4. The third-order valence-corrected chi connectivity index (χ3v) is 8.15. The Kier molecular flexibility index (Phi) is 8.50. The Labute approximate surface area is 203 Å². The van der Waals surface area contributed by atoms with Crippen LogP contribution >= 0.6 is 0 Å². The normalized spacial score (nSPS) is 33.6. The predicted octanol–water partition coefficient (Wildman–Crippen LogP) is 1.36. The number of hydrogen-bond acceptors (Lipinski definition) is 4. The lowest BCUT2D eigenvalue weighted by Gasteiger charge is -2.18. The highest BCUT2D eigenvalue weighted by Gasteiger charge is 2.40. The van der Waals surface area contributed by atoms with Crippen molar-refractivity contribution in [3.63, 3.8) is 0 Å². The number of unbranched alkanes of at least 4 members (excludes halogenated alkanes) is 3. The molecule has 0 amide bonds.